The van der Waals surface area contributed by atoms with E-state index in [1.165, 1.54) is 30.3 Å². The van der Waals surface area contributed by atoms with E-state index in [0.717, 1.165) is 12.1 Å². The maximum atomic E-state index is 10.9. The molecule has 0 atom stereocenters. The number of ether oxygens (including phenoxy) is 1. The van der Waals surface area contributed by atoms with E-state index < -0.39 is 22.1 Å². The van der Waals surface area contributed by atoms with Crippen LogP contribution in [0.15, 0.2) is 42.5 Å². The van der Waals surface area contributed by atoms with Gasteiger partial charge in [-0.25, -0.2) is 4.79 Å². The molecule has 0 bridgehead atoms. The molecule has 0 radical (unpaired) electrons. The van der Waals surface area contributed by atoms with Crippen LogP contribution in [-0.2, 0) is 0 Å². The largest absolute Gasteiger partial charge is 0.477 e. The van der Waals surface area contributed by atoms with Crippen molar-refractivity contribution in [3.8, 4) is 17.6 Å². The van der Waals surface area contributed by atoms with Crippen LogP contribution in [0.2, 0.25) is 0 Å². The van der Waals surface area contributed by atoms with Crippen LogP contribution in [0, 0.1) is 21.4 Å². The molecule has 0 fully saturated rings. The number of nitro benzene ring substituents is 1. The number of benzene rings is 2. The summed E-state index contributed by atoms with van der Waals surface area (Å²) in [6, 6.07) is 11.6. The molecule has 0 unspecified atom stereocenters. The van der Waals surface area contributed by atoms with Gasteiger partial charge in [0.05, 0.1) is 22.6 Å². The summed E-state index contributed by atoms with van der Waals surface area (Å²) in [5.41, 5.74) is -0.504. The number of carboxylic acids is 1. The van der Waals surface area contributed by atoms with Crippen molar-refractivity contribution in [3.05, 3.63) is 63.7 Å². The van der Waals surface area contributed by atoms with Crippen molar-refractivity contribution >= 4 is 11.7 Å². The molecule has 0 aliphatic rings. The Balaban J connectivity index is 2.32. The van der Waals surface area contributed by atoms with E-state index in [0.29, 0.717) is 11.3 Å². The summed E-state index contributed by atoms with van der Waals surface area (Å²) in [6.45, 7) is 0. The van der Waals surface area contributed by atoms with Crippen molar-refractivity contribution in [2.45, 2.75) is 0 Å². The lowest BCUT2D eigenvalue weighted by Crippen LogP contribution is -2.02. The lowest BCUT2D eigenvalue weighted by molar-refractivity contribution is -0.385. The zero-order valence-corrected chi connectivity index (χ0v) is 10.5. The summed E-state index contributed by atoms with van der Waals surface area (Å²) in [4.78, 5) is 21.0. The van der Waals surface area contributed by atoms with Crippen LogP contribution in [-0.4, -0.2) is 16.0 Å². The van der Waals surface area contributed by atoms with E-state index >= 15 is 0 Å². The number of carbonyl (C=O) groups is 1. The Morgan fingerprint density at radius 1 is 1.19 bits per heavy atom. The van der Waals surface area contributed by atoms with Gasteiger partial charge in [0.15, 0.2) is 0 Å². The van der Waals surface area contributed by atoms with E-state index in [2.05, 4.69) is 0 Å². The summed E-state index contributed by atoms with van der Waals surface area (Å²) >= 11 is 0. The van der Waals surface area contributed by atoms with Gasteiger partial charge in [-0.2, -0.15) is 5.26 Å². The summed E-state index contributed by atoms with van der Waals surface area (Å²) in [5, 5.41) is 28.4. The molecule has 7 heteroatoms. The van der Waals surface area contributed by atoms with Crippen LogP contribution in [0.4, 0.5) is 5.69 Å². The molecule has 104 valence electrons. The second-order valence-electron chi connectivity index (χ2n) is 3.98. The fraction of sp³-hybridized carbons (Fsp3) is 0. The molecule has 2 rings (SSSR count). The smallest absolute Gasteiger partial charge is 0.342 e. The Morgan fingerprint density at radius 3 is 2.33 bits per heavy atom. The number of nitriles is 1. The Kier molecular flexibility index (Phi) is 3.81. The van der Waals surface area contributed by atoms with Gasteiger partial charge in [-0.05, 0) is 36.4 Å². The van der Waals surface area contributed by atoms with Crippen LogP contribution in [0.25, 0.3) is 0 Å². The number of nitro groups is 1. The SMILES string of the molecule is N#Cc1ccc(Oc2ccc(C(=O)O)c([N+](=O)[O-])c2)cc1. The van der Waals surface area contributed by atoms with Crippen LogP contribution >= 0.6 is 0 Å². The van der Waals surface area contributed by atoms with Gasteiger partial charge < -0.3 is 9.84 Å². The van der Waals surface area contributed by atoms with E-state index in [1.54, 1.807) is 0 Å². The molecule has 0 saturated heterocycles. The zero-order chi connectivity index (χ0) is 15.4. The van der Waals surface area contributed by atoms with E-state index in [9.17, 15) is 14.9 Å². The number of rotatable bonds is 4. The average Bonchev–Trinajstić information content (AvgIpc) is 2.47. The molecule has 21 heavy (non-hydrogen) atoms. The lowest BCUT2D eigenvalue weighted by Gasteiger charge is -2.06. The average molecular weight is 284 g/mol. The van der Waals surface area contributed by atoms with Gasteiger partial charge in [0, 0.05) is 0 Å². The summed E-state index contributed by atoms with van der Waals surface area (Å²) in [5.74, 6) is -0.866. The molecular weight excluding hydrogens is 276 g/mol. The minimum Gasteiger partial charge on any atom is -0.477 e. The van der Waals surface area contributed by atoms with Crippen molar-refractivity contribution in [2.24, 2.45) is 0 Å². The highest BCUT2D eigenvalue weighted by Gasteiger charge is 2.20. The number of hydrogen-bond acceptors (Lipinski definition) is 5. The number of aromatic carboxylic acids is 1. The van der Waals surface area contributed by atoms with Crippen LogP contribution in [0.3, 0.4) is 0 Å². The van der Waals surface area contributed by atoms with Crippen molar-refractivity contribution in [3.63, 3.8) is 0 Å². The van der Waals surface area contributed by atoms with Gasteiger partial charge in [0.1, 0.15) is 17.1 Å². The van der Waals surface area contributed by atoms with Gasteiger partial charge >= 0.3 is 5.97 Å². The molecule has 1 N–H and O–H groups in total. The van der Waals surface area contributed by atoms with Crippen molar-refractivity contribution < 1.29 is 19.6 Å². The van der Waals surface area contributed by atoms with Crippen LogP contribution in [0.1, 0.15) is 15.9 Å². The Morgan fingerprint density at radius 2 is 1.81 bits per heavy atom. The number of nitrogens with zero attached hydrogens (tertiary/aromatic N) is 2. The minimum atomic E-state index is -1.38. The molecule has 0 aliphatic heterocycles. The summed E-state index contributed by atoms with van der Waals surface area (Å²) in [6.07, 6.45) is 0. The third-order valence-electron chi connectivity index (χ3n) is 2.62. The molecule has 0 amide bonds. The monoisotopic (exact) mass is 284 g/mol. The Bertz CT molecular complexity index is 747. The Hall–Kier alpha value is -3.40. The highest BCUT2D eigenvalue weighted by Crippen LogP contribution is 2.28. The van der Waals surface area contributed by atoms with E-state index in [-0.39, 0.29) is 5.75 Å². The summed E-state index contributed by atoms with van der Waals surface area (Å²) < 4.78 is 5.40. The molecule has 0 aromatic heterocycles. The van der Waals surface area contributed by atoms with Crippen molar-refractivity contribution in [1.82, 2.24) is 0 Å². The van der Waals surface area contributed by atoms with E-state index in [1.807, 2.05) is 6.07 Å². The number of carboxylic acid groups (broad SMARTS) is 1. The molecule has 0 spiro atoms. The van der Waals surface area contributed by atoms with Crippen molar-refractivity contribution in [1.29, 1.82) is 5.26 Å². The molecule has 0 saturated carbocycles. The van der Waals surface area contributed by atoms with Gasteiger partial charge in [0.2, 0.25) is 0 Å². The second kappa shape index (κ2) is 5.71. The maximum Gasteiger partial charge on any atom is 0.342 e. The predicted molar refractivity (Wildman–Crippen MR) is 71.3 cm³/mol. The van der Waals surface area contributed by atoms with Gasteiger partial charge in [-0.1, -0.05) is 0 Å². The zero-order valence-electron chi connectivity index (χ0n) is 10.5. The minimum absolute atomic E-state index is 0.136. The molecular formula is C14H8N2O5. The fourth-order valence-electron chi connectivity index (χ4n) is 1.64. The molecule has 2 aromatic rings. The molecule has 0 aliphatic carbocycles. The molecule has 2 aromatic carbocycles. The second-order valence-corrected chi connectivity index (χ2v) is 3.98. The first-order valence-corrected chi connectivity index (χ1v) is 5.71. The third-order valence-corrected chi connectivity index (χ3v) is 2.62. The Labute approximate surface area is 118 Å². The fourth-order valence-corrected chi connectivity index (χ4v) is 1.64. The number of hydrogen-bond donors (Lipinski definition) is 1. The van der Waals surface area contributed by atoms with Crippen LogP contribution < -0.4 is 4.74 Å². The van der Waals surface area contributed by atoms with Crippen molar-refractivity contribution in [2.75, 3.05) is 0 Å². The normalized spacial score (nSPS) is 9.67. The predicted octanol–water partition coefficient (Wildman–Crippen LogP) is 2.96. The first-order chi connectivity index (χ1) is 10.0. The maximum absolute atomic E-state index is 10.9. The quantitative estimate of drug-likeness (QED) is 0.682. The van der Waals surface area contributed by atoms with E-state index in [4.69, 9.17) is 15.1 Å². The molecule has 7 nitrogen and oxygen atoms in total. The van der Waals surface area contributed by atoms with Gasteiger partial charge in [0.25, 0.3) is 5.69 Å². The molecule has 0 heterocycles. The first-order valence-electron chi connectivity index (χ1n) is 5.71. The standard InChI is InChI=1S/C14H8N2O5/c15-8-9-1-3-10(4-2-9)21-11-5-6-12(14(17)18)13(7-11)16(19)20/h1-7H,(H,17,18). The summed E-state index contributed by atoms with van der Waals surface area (Å²) in [7, 11) is 0. The lowest BCUT2D eigenvalue weighted by atomic mass is 10.1. The first kappa shape index (κ1) is 14.0. The van der Waals surface area contributed by atoms with Gasteiger partial charge in [-0.15, -0.1) is 0 Å². The topological polar surface area (TPSA) is 113 Å². The third kappa shape index (κ3) is 3.13. The van der Waals surface area contributed by atoms with Crippen LogP contribution in [0.5, 0.6) is 11.5 Å². The van der Waals surface area contributed by atoms with Gasteiger partial charge in [-0.3, -0.25) is 10.1 Å². The highest BCUT2D eigenvalue weighted by atomic mass is 16.6. The highest BCUT2D eigenvalue weighted by molar-refractivity contribution is 5.92.